The monoisotopic (exact) mass is 240 g/mol. The molecular formula is C5H9BrN2O2S. The molecule has 0 N–H and O–H groups in total. The summed E-state index contributed by atoms with van der Waals surface area (Å²) in [6.45, 7) is 0.254. The first-order valence-corrected chi connectivity index (χ1v) is 5.64. The first-order valence-electron chi connectivity index (χ1n) is 2.91. The molecule has 0 aromatic heterocycles. The molecule has 0 saturated carbocycles. The normalized spacial score (nSPS) is 11.5. The third-order valence-electron chi connectivity index (χ3n) is 1.15. The molecule has 0 aromatic rings. The van der Waals surface area contributed by atoms with E-state index in [1.54, 1.807) is 0 Å². The van der Waals surface area contributed by atoms with Gasteiger partial charge in [-0.1, -0.05) is 15.9 Å². The number of hydrogen-bond acceptors (Lipinski definition) is 3. The van der Waals surface area contributed by atoms with E-state index in [-0.39, 0.29) is 17.6 Å². The molecule has 6 heteroatoms. The van der Waals surface area contributed by atoms with Gasteiger partial charge in [0.1, 0.15) is 4.66 Å². The van der Waals surface area contributed by atoms with E-state index in [0.29, 0.717) is 0 Å². The SMILES string of the molecule is CN(CCC#N)S(=O)(=O)CBr. The van der Waals surface area contributed by atoms with Crippen molar-refractivity contribution in [2.24, 2.45) is 0 Å². The average Bonchev–Trinajstić information content (AvgIpc) is 2.00. The molecule has 4 nitrogen and oxygen atoms in total. The van der Waals surface area contributed by atoms with Crippen molar-refractivity contribution in [3.63, 3.8) is 0 Å². The third kappa shape index (κ3) is 3.70. The predicted molar refractivity (Wildman–Crippen MR) is 45.6 cm³/mol. The van der Waals surface area contributed by atoms with Crippen LogP contribution in [0, 0.1) is 11.3 Å². The quantitative estimate of drug-likeness (QED) is 0.674. The second-order valence-corrected chi connectivity index (χ2v) is 5.33. The lowest BCUT2D eigenvalue weighted by atomic mass is 10.5. The highest BCUT2D eigenvalue weighted by Gasteiger charge is 2.14. The van der Waals surface area contributed by atoms with Crippen LogP contribution in [0.4, 0.5) is 0 Å². The zero-order chi connectivity index (χ0) is 8.91. The Hall–Kier alpha value is -0.120. The van der Waals surface area contributed by atoms with E-state index in [0.717, 1.165) is 4.31 Å². The lowest BCUT2D eigenvalue weighted by molar-refractivity contribution is 0.481. The van der Waals surface area contributed by atoms with Gasteiger partial charge in [-0.05, 0) is 0 Å². The van der Waals surface area contributed by atoms with Gasteiger partial charge in [-0.2, -0.15) is 5.26 Å². The Bertz CT molecular complexity index is 244. The molecule has 0 rings (SSSR count). The van der Waals surface area contributed by atoms with E-state index >= 15 is 0 Å². The number of sulfonamides is 1. The number of nitriles is 1. The highest BCUT2D eigenvalue weighted by molar-refractivity contribution is 9.10. The summed E-state index contributed by atoms with van der Waals surface area (Å²) in [7, 11) is -1.72. The maximum atomic E-state index is 11.0. The number of nitrogens with zero attached hydrogens (tertiary/aromatic N) is 2. The van der Waals surface area contributed by atoms with E-state index in [2.05, 4.69) is 15.9 Å². The van der Waals surface area contributed by atoms with Crippen LogP contribution in [0.1, 0.15) is 6.42 Å². The Morgan fingerprint density at radius 1 is 1.64 bits per heavy atom. The molecule has 0 bridgehead atoms. The van der Waals surface area contributed by atoms with Gasteiger partial charge in [0.15, 0.2) is 0 Å². The molecule has 11 heavy (non-hydrogen) atoms. The highest BCUT2D eigenvalue weighted by atomic mass is 79.9. The molecule has 0 aromatic carbocycles. The van der Waals surface area contributed by atoms with E-state index < -0.39 is 10.0 Å². The Morgan fingerprint density at radius 3 is 2.55 bits per heavy atom. The lowest BCUT2D eigenvalue weighted by Crippen LogP contribution is -2.28. The fraction of sp³-hybridized carbons (Fsp3) is 0.800. The molecule has 0 atom stereocenters. The zero-order valence-electron chi connectivity index (χ0n) is 6.12. The zero-order valence-corrected chi connectivity index (χ0v) is 8.52. The van der Waals surface area contributed by atoms with E-state index in [9.17, 15) is 8.42 Å². The van der Waals surface area contributed by atoms with Gasteiger partial charge in [0.2, 0.25) is 10.0 Å². The van der Waals surface area contributed by atoms with Gasteiger partial charge in [-0.3, -0.25) is 0 Å². The molecule has 0 amide bonds. The number of hydrogen-bond donors (Lipinski definition) is 0. The van der Waals surface area contributed by atoms with Crippen LogP contribution in [0.3, 0.4) is 0 Å². The van der Waals surface area contributed by atoms with Gasteiger partial charge in [0.25, 0.3) is 0 Å². The number of rotatable bonds is 4. The van der Waals surface area contributed by atoms with Crippen LogP contribution in [-0.2, 0) is 10.0 Å². The van der Waals surface area contributed by atoms with Crippen molar-refractivity contribution < 1.29 is 8.42 Å². The van der Waals surface area contributed by atoms with Gasteiger partial charge in [-0.15, -0.1) is 0 Å². The summed E-state index contributed by atoms with van der Waals surface area (Å²) in [5.41, 5.74) is 0. The summed E-state index contributed by atoms with van der Waals surface area (Å²) < 4.78 is 23.0. The predicted octanol–water partition coefficient (Wildman–Crippen LogP) is 0.514. The summed E-state index contributed by atoms with van der Waals surface area (Å²) in [5, 5.41) is 8.17. The van der Waals surface area contributed by atoms with Crippen molar-refractivity contribution in [1.82, 2.24) is 4.31 Å². The minimum absolute atomic E-state index is 0.0953. The van der Waals surface area contributed by atoms with Crippen molar-refractivity contribution in [3.8, 4) is 6.07 Å². The van der Waals surface area contributed by atoms with E-state index in [1.165, 1.54) is 7.05 Å². The van der Waals surface area contributed by atoms with Gasteiger partial charge in [0.05, 0.1) is 6.07 Å². The average molecular weight is 241 g/mol. The molecule has 0 heterocycles. The maximum absolute atomic E-state index is 11.0. The molecule has 0 saturated heterocycles. The molecule has 0 aliphatic rings. The van der Waals surface area contributed by atoms with Crippen LogP contribution in [0.5, 0.6) is 0 Å². The largest absolute Gasteiger partial charge is 0.223 e. The molecule has 64 valence electrons. The van der Waals surface area contributed by atoms with Crippen molar-refractivity contribution >= 4 is 26.0 Å². The Morgan fingerprint density at radius 2 is 2.18 bits per heavy atom. The van der Waals surface area contributed by atoms with E-state index in [1.807, 2.05) is 6.07 Å². The summed E-state index contributed by atoms with van der Waals surface area (Å²) in [4.78, 5) is 0. The van der Waals surface area contributed by atoms with Crippen LogP contribution < -0.4 is 0 Å². The molecule has 0 unspecified atom stereocenters. The third-order valence-corrected chi connectivity index (χ3v) is 4.30. The smallest absolute Gasteiger partial charge is 0.211 e. The molecule has 0 aliphatic carbocycles. The second-order valence-electron chi connectivity index (χ2n) is 1.95. The Kier molecular flexibility index (Phi) is 4.65. The van der Waals surface area contributed by atoms with Crippen LogP contribution in [0.2, 0.25) is 0 Å². The summed E-state index contributed by atoms with van der Waals surface area (Å²) in [6, 6.07) is 1.87. The fourth-order valence-corrected chi connectivity index (χ4v) is 2.01. The number of alkyl halides is 1. The second kappa shape index (κ2) is 4.70. The van der Waals surface area contributed by atoms with Crippen LogP contribution in [-0.4, -0.2) is 31.0 Å². The van der Waals surface area contributed by atoms with Crippen molar-refractivity contribution in [2.75, 3.05) is 18.3 Å². The van der Waals surface area contributed by atoms with Gasteiger partial charge < -0.3 is 0 Å². The molecular weight excluding hydrogens is 232 g/mol. The van der Waals surface area contributed by atoms with Gasteiger partial charge in [0, 0.05) is 20.0 Å². The maximum Gasteiger partial charge on any atom is 0.223 e. The molecule has 0 radical (unpaired) electrons. The van der Waals surface area contributed by atoms with Gasteiger partial charge >= 0.3 is 0 Å². The van der Waals surface area contributed by atoms with E-state index in [4.69, 9.17) is 5.26 Å². The standard InChI is InChI=1S/C5H9BrN2O2S/c1-8(4-2-3-7)11(9,10)5-6/h2,4-5H2,1H3. The van der Waals surface area contributed by atoms with Crippen LogP contribution in [0.15, 0.2) is 0 Å². The van der Waals surface area contributed by atoms with Crippen molar-refractivity contribution in [2.45, 2.75) is 6.42 Å². The minimum Gasteiger partial charge on any atom is -0.211 e. The molecule has 0 spiro atoms. The first-order chi connectivity index (χ1) is 5.04. The summed E-state index contributed by atoms with van der Waals surface area (Å²) >= 11 is 2.85. The minimum atomic E-state index is -3.17. The van der Waals surface area contributed by atoms with Gasteiger partial charge in [-0.25, -0.2) is 12.7 Å². The summed E-state index contributed by atoms with van der Waals surface area (Å²) in [6.07, 6.45) is 0.225. The summed E-state index contributed by atoms with van der Waals surface area (Å²) in [5.74, 6) is 0. The first kappa shape index (κ1) is 10.9. The van der Waals surface area contributed by atoms with Crippen molar-refractivity contribution in [3.05, 3.63) is 0 Å². The van der Waals surface area contributed by atoms with Crippen LogP contribution in [0.25, 0.3) is 0 Å². The Labute approximate surface area is 75.0 Å². The molecule has 0 fully saturated rings. The lowest BCUT2D eigenvalue weighted by Gasteiger charge is -2.12. The number of halogens is 1. The highest BCUT2D eigenvalue weighted by Crippen LogP contribution is 2.01. The van der Waals surface area contributed by atoms with Crippen molar-refractivity contribution in [1.29, 1.82) is 5.26 Å². The molecule has 0 aliphatic heterocycles. The van der Waals surface area contributed by atoms with Crippen LogP contribution >= 0.6 is 15.9 Å². The Balaban J connectivity index is 4.05. The topological polar surface area (TPSA) is 61.2 Å². The fourth-order valence-electron chi connectivity index (χ4n) is 0.430.